The molecule has 1 aliphatic rings. The third kappa shape index (κ3) is 5.40. The molecule has 1 aliphatic carbocycles. The summed E-state index contributed by atoms with van der Waals surface area (Å²) < 4.78 is 7.93. The van der Waals surface area contributed by atoms with Crippen molar-refractivity contribution in [2.24, 2.45) is 0 Å². The maximum absolute atomic E-state index is 12.5. The highest BCUT2D eigenvalue weighted by atomic mass is 32.2. The maximum atomic E-state index is 12.5. The van der Waals surface area contributed by atoms with E-state index in [1.165, 1.54) is 11.8 Å². The number of carbonyl (C=O) groups is 1. The molecule has 1 N–H and O–H groups in total. The molecule has 2 aromatic carbocycles. The summed E-state index contributed by atoms with van der Waals surface area (Å²) in [5.74, 6) is 1.72. The molecule has 0 radical (unpaired) electrons. The maximum Gasteiger partial charge on any atom is 0.234 e. The van der Waals surface area contributed by atoms with Crippen LogP contribution in [0.1, 0.15) is 24.4 Å². The van der Waals surface area contributed by atoms with Gasteiger partial charge in [-0.05, 0) is 54.8 Å². The summed E-state index contributed by atoms with van der Waals surface area (Å²) in [6.07, 6.45) is 5.73. The number of rotatable bonds is 9. The lowest BCUT2D eigenvalue weighted by molar-refractivity contribution is -0.113. The third-order valence-corrected chi connectivity index (χ3v) is 6.16. The van der Waals surface area contributed by atoms with Crippen LogP contribution in [0.2, 0.25) is 0 Å². The summed E-state index contributed by atoms with van der Waals surface area (Å²) in [4.78, 5) is 16.7. The van der Waals surface area contributed by atoms with Crippen molar-refractivity contribution in [2.75, 3.05) is 11.1 Å². The molecule has 0 spiro atoms. The second-order valence-corrected chi connectivity index (χ2v) is 8.73. The number of aromatic nitrogens is 4. The van der Waals surface area contributed by atoms with Gasteiger partial charge in [-0.2, -0.15) is 0 Å². The van der Waals surface area contributed by atoms with Gasteiger partial charge in [0.2, 0.25) is 5.91 Å². The van der Waals surface area contributed by atoms with Crippen molar-refractivity contribution in [2.45, 2.75) is 30.6 Å². The molecule has 7 nitrogen and oxygen atoms in total. The van der Waals surface area contributed by atoms with E-state index in [4.69, 9.17) is 4.74 Å². The minimum atomic E-state index is -0.0915. The number of nitrogens with one attached hydrogen (secondary N) is 1. The van der Waals surface area contributed by atoms with Crippen LogP contribution in [0.4, 0.5) is 5.69 Å². The number of ether oxygens (including phenoxy) is 1. The molecule has 0 atom stereocenters. The number of amides is 1. The summed E-state index contributed by atoms with van der Waals surface area (Å²) in [5.41, 5.74) is 2.77. The topological polar surface area (TPSA) is 81.9 Å². The van der Waals surface area contributed by atoms with Crippen molar-refractivity contribution in [3.63, 3.8) is 0 Å². The zero-order chi connectivity index (χ0) is 22.5. The van der Waals surface area contributed by atoms with Crippen LogP contribution in [0.3, 0.4) is 0 Å². The van der Waals surface area contributed by atoms with Crippen LogP contribution >= 0.6 is 11.8 Å². The minimum absolute atomic E-state index is 0.0915. The normalized spacial score (nSPS) is 13.0. The first-order valence-electron chi connectivity index (χ1n) is 10.8. The molecular weight excluding hydrogens is 434 g/mol. The van der Waals surface area contributed by atoms with Crippen molar-refractivity contribution in [3.05, 3.63) is 84.7 Å². The molecule has 5 rings (SSSR count). The summed E-state index contributed by atoms with van der Waals surface area (Å²) in [6.45, 7) is 0.506. The fourth-order valence-corrected chi connectivity index (χ4v) is 4.24. The molecule has 0 unspecified atom stereocenters. The molecule has 2 aromatic heterocycles. The van der Waals surface area contributed by atoms with E-state index in [2.05, 4.69) is 25.1 Å². The largest absolute Gasteiger partial charge is 0.489 e. The number of thioether (sulfide) groups is 1. The second kappa shape index (κ2) is 9.87. The number of carbonyl (C=O) groups excluding carboxylic acids is 1. The molecule has 33 heavy (non-hydrogen) atoms. The Balaban J connectivity index is 1.16. The van der Waals surface area contributed by atoms with Gasteiger partial charge >= 0.3 is 0 Å². The lowest BCUT2D eigenvalue weighted by atomic mass is 10.2. The van der Waals surface area contributed by atoms with Crippen molar-refractivity contribution in [1.82, 2.24) is 19.7 Å². The van der Waals surface area contributed by atoms with Crippen LogP contribution in [0.5, 0.6) is 5.75 Å². The van der Waals surface area contributed by atoms with E-state index in [1.54, 1.807) is 12.4 Å². The number of pyridine rings is 1. The third-order valence-electron chi connectivity index (χ3n) is 5.22. The smallest absolute Gasteiger partial charge is 0.234 e. The molecule has 0 aliphatic heterocycles. The average Bonchev–Trinajstić information content (AvgIpc) is 3.62. The first-order valence-corrected chi connectivity index (χ1v) is 11.8. The van der Waals surface area contributed by atoms with Crippen LogP contribution in [-0.2, 0) is 11.4 Å². The second-order valence-electron chi connectivity index (χ2n) is 7.78. The Morgan fingerprint density at radius 3 is 2.58 bits per heavy atom. The summed E-state index contributed by atoms with van der Waals surface area (Å²) in [7, 11) is 0. The van der Waals surface area contributed by atoms with Gasteiger partial charge in [0.25, 0.3) is 0 Å². The fraction of sp³-hybridized carbons (Fsp3) is 0.200. The Kier molecular flexibility index (Phi) is 6.34. The lowest BCUT2D eigenvalue weighted by Crippen LogP contribution is -2.14. The molecule has 1 fully saturated rings. The molecule has 2 heterocycles. The van der Waals surface area contributed by atoms with Crippen LogP contribution in [0.25, 0.3) is 11.4 Å². The summed E-state index contributed by atoms with van der Waals surface area (Å²) in [5, 5.41) is 12.4. The predicted octanol–water partition coefficient (Wildman–Crippen LogP) is 4.98. The molecule has 1 amide bonds. The van der Waals surface area contributed by atoms with Gasteiger partial charge < -0.3 is 10.1 Å². The van der Waals surface area contributed by atoms with Gasteiger partial charge in [0.1, 0.15) is 12.4 Å². The average molecular weight is 458 g/mol. The van der Waals surface area contributed by atoms with Crippen LogP contribution in [0.15, 0.2) is 84.3 Å². The number of benzene rings is 2. The van der Waals surface area contributed by atoms with Gasteiger partial charge in [-0.25, -0.2) is 0 Å². The van der Waals surface area contributed by atoms with Crippen molar-refractivity contribution < 1.29 is 9.53 Å². The van der Waals surface area contributed by atoms with Crippen molar-refractivity contribution in [1.29, 1.82) is 0 Å². The number of nitrogens with zero attached hydrogens (tertiary/aromatic N) is 4. The highest BCUT2D eigenvalue weighted by Gasteiger charge is 2.30. The van der Waals surface area contributed by atoms with E-state index in [1.807, 2.05) is 66.7 Å². The monoisotopic (exact) mass is 457 g/mol. The molecule has 4 aromatic rings. The number of anilines is 1. The quantitative estimate of drug-likeness (QED) is 0.357. The molecule has 0 saturated heterocycles. The van der Waals surface area contributed by atoms with Crippen LogP contribution in [-0.4, -0.2) is 31.4 Å². The number of hydrogen-bond acceptors (Lipinski definition) is 6. The van der Waals surface area contributed by atoms with Gasteiger partial charge in [0, 0.05) is 29.7 Å². The SMILES string of the molecule is O=C(CSc1nnc(-c2cccnc2)n1C1CC1)Nc1ccc(OCc2ccccc2)cc1. The molecule has 0 bridgehead atoms. The summed E-state index contributed by atoms with van der Waals surface area (Å²) >= 11 is 1.40. The fourth-order valence-electron chi connectivity index (χ4n) is 3.43. The minimum Gasteiger partial charge on any atom is -0.489 e. The van der Waals surface area contributed by atoms with Gasteiger partial charge in [-0.1, -0.05) is 42.1 Å². The van der Waals surface area contributed by atoms with E-state index < -0.39 is 0 Å². The van der Waals surface area contributed by atoms with Gasteiger partial charge in [0.15, 0.2) is 11.0 Å². The van der Waals surface area contributed by atoms with Crippen molar-refractivity contribution in [3.8, 4) is 17.1 Å². The van der Waals surface area contributed by atoms with E-state index in [0.29, 0.717) is 12.6 Å². The molecule has 8 heteroatoms. The standard InChI is InChI=1S/C25H23N5O2S/c31-23(27-20-8-12-22(13-9-20)32-16-18-5-2-1-3-6-18)17-33-25-29-28-24(30(25)21-10-11-21)19-7-4-14-26-15-19/h1-9,12-15,21H,10-11,16-17H2,(H,27,31). The zero-order valence-electron chi connectivity index (χ0n) is 17.9. The van der Waals surface area contributed by atoms with Gasteiger partial charge in [-0.3, -0.25) is 14.3 Å². The van der Waals surface area contributed by atoms with Gasteiger partial charge in [-0.15, -0.1) is 10.2 Å². The Hall–Kier alpha value is -3.65. The Morgan fingerprint density at radius 1 is 1.03 bits per heavy atom. The van der Waals surface area contributed by atoms with Gasteiger partial charge in [0.05, 0.1) is 5.75 Å². The van der Waals surface area contributed by atoms with Crippen LogP contribution in [0, 0.1) is 0 Å². The predicted molar refractivity (Wildman–Crippen MR) is 128 cm³/mol. The van der Waals surface area contributed by atoms with E-state index >= 15 is 0 Å². The number of hydrogen-bond donors (Lipinski definition) is 1. The lowest BCUT2D eigenvalue weighted by Gasteiger charge is -2.10. The first-order chi connectivity index (χ1) is 16.3. The Morgan fingerprint density at radius 2 is 1.85 bits per heavy atom. The van der Waals surface area contributed by atoms with Crippen LogP contribution < -0.4 is 10.1 Å². The first kappa shape index (κ1) is 21.2. The Bertz CT molecular complexity index is 1210. The molecule has 1 saturated carbocycles. The highest BCUT2D eigenvalue weighted by Crippen LogP contribution is 2.40. The van der Waals surface area contributed by atoms with E-state index in [9.17, 15) is 4.79 Å². The highest BCUT2D eigenvalue weighted by molar-refractivity contribution is 7.99. The molecular formula is C25H23N5O2S. The van der Waals surface area contributed by atoms with Crippen molar-refractivity contribution >= 4 is 23.4 Å². The van der Waals surface area contributed by atoms with E-state index in [0.717, 1.165) is 46.4 Å². The summed E-state index contributed by atoms with van der Waals surface area (Å²) in [6, 6.07) is 21.7. The Labute approximate surface area is 196 Å². The molecule has 166 valence electrons. The zero-order valence-corrected chi connectivity index (χ0v) is 18.7. The van der Waals surface area contributed by atoms with E-state index in [-0.39, 0.29) is 11.7 Å².